The maximum absolute atomic E-state index is 11.7. The zero-order valence-corrected chi connectivity index (χ0v) is 11.1. The van der Waals surface area contributed by atoms with E-state index < -0.39 is 0 Å². The summed E-state index contributed by atoms with van der Waals surface area (Å²) < 4.78 is 0. The normalized spacial score (nSPS) is 12.3. The highest BCUT2D eigenvalue weighted by molar-refractivity contribution is 5.82. The smallest absolute Gasteiger partial charge is 0.220 e. The Hall–Kier alpha value is -1.94. The summed E-state index contributed by atoms with van der Waals surface area (Å²) in [6.45, 7) is 3.01. The molecule has 0 aliphatic rings. The molecule has 2 rings (SSSR count). The van der Waals surface area contributed by atoms with E-state index in [1.807, 2.05) is 37.3 Å². The molecule has 0 spiro atoms. The highest BCUT2D eigenvalue weighted by Crippen LogP contribution is 2.15. The van der Waals surface area contributed by atoms with E-state index in [0.29, 0.717) is 19.5 Å². The lowest BCUT2D eigenvalue weighted by Gasteiger charge is -2.10. The molecule has 0 saturated heterocycles. The first-order valence-corrected chi connectivity index (χ1v) is 6.50. The number of rotatable bonds is 5. The van der Waals surface area contributed by atoms with Crippen LogP contribution in [-0.2, 0) is 11.3 Å². The van der Waals surface area contributed by atoms with Crippen LogP contribution in [0.4, 0.5) is 0 Å². The molecule has 1 unspecified atom stereocenters. The number of nitrogens with zero attached hydrogens (tertiary/aromatic N) is 1. The molecule has 19 heavy (non-hydrogen) atoms. The predicted molar refractivity (Wildman–Crippen MR) is 76.4 cm³/mol. The van der Waals surface area contributed by atoms with E-state index in [1.54, 1.807) is 6.20 Å². The Morgan fingerprint density at radius 3 is 2.95 bits per heavy atom. The summed E-state index contributed by atoms with van der Waals surface area (Å²) in [5.74, 6) is 0.247. The van der Waals surface area contributed by atoms with Gasteiger partial charge in [-0.3, -0.25) is 9.78 Å². The number of nitrogens with one attached hydrogen (secondary N) is 1. The number of pyridine rings is 1. The van der Waals surface area contributed by atoms with Crippen LogP contribution in [0.15, 0.2) is 36.5 Å². The molecule has 0 aliphatic heterocycles. The van der Waals surface area contributed by atoms with Crippen LogP contribution in [0.5, 0.6) is 0 Å². The summed E-state index contributed by atoms with van der Waals surface area (Å²) in [6, 6.07) is 9.91. The van der Waals surface area contributed by atoms with Gasteiger partial charge in [0.15, 0.2) is 0 Å². The summed E-state index contributed by atoms with van der Waals surface area (Å²) >= 11 is 0. The summed E-state index contributed by atoms with van der Waals surface area (Å²) in [5, 5.41) is 4.01. The maximum Gasteiger partial charge on any atom is 0.220 e. The van der Waals surface area contributed by atoms with Gasteiger partial charge >= 0.3 is 0 Å². The van der Waals surface area contributed by atoms with Gasteiger partial charge in [-0.2, -0.15) is 0 Å². The van der Waals surface area contributed by atoms with Crippen LogP contribution in [0.2, 0.25) is 0 Å². The van der Waals surface area contributed by atoms with E-state index in [0.717, 1.165) is 16.5 Å². The average Bonchev–Trinajstić information content (AvgIpc) is 2.44. The van der Waals surface area contributed by atoms with Crippen molar-refractivity contribution in [2.75, 3.05) is 6.54 Å². The van der Waals surface area contributed by atoms with E-state index in [2.05, 4.69) is 10.3 Å². The van der Waals surface area contributed by atoms with Crippen molar-refractivity contribution in [2.24, 2.45) is 11.7 Å². The van der Waals surface area contributed by atoms with Crippen LogP contribution in [0.25, 0.3) is 10.9 Å². The molecular weight excluding hydrogens is 238 g/mol. The average molecular weight is 257 g/mol. The van der Waals surface area contributed by atoms with Crippen molar-refractivity contribution < 1.29 is 4.79 Å². The molecule has 1 aromatic heterocycles. The number of carbonyl (C=O) groups excluding carboxylic acids is 1. The van der Waals surface area contributed by atoms with Gasteiger partial charge in [0, 0.05) is 24.5 Å². The van der Waals surface area contributed by atoms with Crippen molar-refractivity contribution in [1.82, 2.24) is 10.3 Å². The van der Waals surface area contributed by atoms with Gasteiger partial charge in [-0.1, -0.05) is 31.2 Å². The SMILES string of the molecule is CC(CN)CC(=O)NCc1cccc2cccnc12. The number of benzene rings is 1. The topological polar surface area (TPSA) is 68.0 Å². The van der Waals surface area contributed by atoms with Gasteiger partial charge < -0.3 is 11.1 Å². The zero-order chi connectivity index (χ0) is 13.7. The predicted octanol–water partition coefficient (Wildman–Crippen LogP) is 1.84. The third-order valence-corrected chi connectivity index (χ3v) is 3.13. The summed E-state index contributed by atoms with van der Waals surface area (Å²) in [7, 11) is 0. The fraction of sp³-hybridized carbons (Fsp3) is 0.333. The molecule has 2 aromatic rings. The van der Waals surface area contributed by atoms with E-state index >= 15 is 0 Å². The minimum absolute atomic E-state index is 0.0332. The number of carbonyl (C=O) groups is 1. The van der Waals surface area contributed by atoms with E-state index in [-0.39, 0.29) is 11.8 Å². The first-order chi connectivity index (χ1) is 9.20. The van der Waals surface area contributed by atoms with Crippen molar-refractivity contribution in [3.8, 4) is 0 Å². The second-order valence-corrected chi connectivity index (χ2v) is 4.81. The largest absolute Gasteiger partial charge is 0.352 e. The molecule has 1 heterocycles. The highest BCUT2D eigenvalue weighted by atomic mass is 16.1. The molecule has 0 fully saturated rings. The minimum Gasteiger partial charge on any atom is -0.352 e. The van der Waals surface area contributed by atoms with Gasteiger partial charge in [0.2, 0.25) is 5.91 Å². The number of nitrogens with two attached hydrogens (primary N) is 1. The molecule has 4 nitrogen and oxygen atoms in total. The van der Waals surface area contributed by atoms with E-state index in [4.69, 9.17) is 5.73 Å². The molecule has 0 radical (unpaired) electrons. The second-order valence-electron chi connectivity index (χ2n) is 4.81. The molecule has 0 bridgehead atoms. The number of amides is 1. The lowest BCUT2D eigenvalue weighted by Crippen LogP contribution is -2.26. The Balaban J connectivity index is 2.04. The molecule has 4 heteroatoms. The van der Waals surface area contributed by atoms with Crippen molar-refractivity contribution in [2.45, 2.75) is 19.9 Å². The van der Waals surface area contributed by atoms with Crippen LogP contribution in [0.3, 0.4) is 0 Å². The van der Waals surface area contributed by atoms with Gasteiger partial charge in [-0.15, -0.1) is 0 Å². The Labute approximate surface area is 113 Å². The number of para-hydroxylation sites is 1. The van der Waals surface area contributed by atoms with Crippen LogP contribution in [0, 0.1) is 5.92 Å². The van der Waals surface area contributed by atoms with E-state index in [1.165, 1.54) is 0 Å². The van der Waals surface area contributed by atoms with Gasteiger partial charge in [-0.25, -0.2) is 0 Å². The minimum atomic E-state index is 0.0332. The van der Waals surface area contributed by atoms with Crippen molar-refractivity contribution >= 4 is 16.8 Å². The van der Waals surface area contributed by atoms with Gasteiger partial charge in [-0.05, 0) is 24.1 Å². The molecule has 1 aromatic carbocycles. The molecule has 100 valence electrons. The van der Waals surface area contributed by atoms with Gasteiger partial charge in [0.05, 0.1) is 5.52 Å². The molecule has 1 amide bonds. The highest BCUT2D eigenvalue weighted by Gasteiger charge is 2.08. The second kappa shape index (κ2) is 6.29. The zero-order valence-electron chi connectivity index (χ0n) is 11.1. The van der Waals surface area contributed by atoms with Gasteiger partial charge in [0.25, 0.3) is 0 Å². The number of aromatic nitrogens is 1. The van der Waals surface area contributed by atoms with Crippen LogP contribution >= 0.6 is 0 Å². The molecular formula is C15H19N3O. The van der Waals surface area contributed by atoms with Crippen LogP contribution in [-0.4, -0.2) is 17.4 Å². The third kappa shape index (κ3) is 3.51. The lowest BCUT2D eigenvalue weighted by atomic mass is 10.1. The standard InChI is InChI=1S/C15H19N3O/c1-11(9-16)8-14(19)18-10-13-5-2-4-12-6-3-7-17-15(12)13/h2-7,11H,8-10,16H2,1H3,(H,18,19). The summed E-state index contributed by atoms with van der Waals surface area (Å²) in [5.41, 5.74) is 7.49. The Kier molecular flexibility index (Phi) is 4.47. The molecule has 0 aliphatic carbocycles. The van der Waals surface area contributed by atoms with Crippen molar-refractivity contribution in [1.29, 1.82) is 0 Å². The summed E-state index contributed by atoms with van der Waals surface area (Å²) in [6.07, 6.45) is 2.23. The lowest BCUT2D eigenvalue weighted by molar-refractivity contribution is -0.122. The molecule has 1 atom stereocenters. The van der Waals surface area contributed by atoms with Crippen molar-refractivity contribution in [3.05, 3.63) is 42.1 Å². The Bertz CT molecular complexity index is 563. The quantitative estimate of drug-likeness (QED) is 0.858. The fourth-order valence-electron chi connectivity index (χ4n) is 1.98. The monoisotopic (exact) mass is 257 g/mol. The Morgan fingerprint density at radius 1 is 1.37 bits per heavy atom. The first-order valence-electron chi connectivity index (χ1n) is 6.50. The Morgan fingerprint density at radius 2 is 2.16 bits per heavy atom. The van der Waals surface area contributed by atoms with Crippen LogP contribution < -0.4 is 11.1 Å². The van der Waals surface area contributed by atoms with Crippen molar-refractivity contribution in [3.63, 3.8) is 0 Å². The van der Waals surface area contributed by atoms with E-state index in [9.17, 15) is 4.79 Å². The fourth-order valence-corrected chi connectivity index (χ4v) is 1.98. The molecule has 0 saturated carbocycles. The van der Waals surface area contributed by atoms with Gasteiger partial charge in [0.1, 0.15) is 0 Å². The number of hydrogen-bond donors (Lipinski definition) is 2. The first kappa shape index (κ1) is 13.5. The summed E-state index contributed by atoms with van der Waals surface area (Å²) in [4.78, 5) is 16.1. The van der Waals surface area contributed by atoms with Crippen LogP contribution in [0.1, 0.15) is 18.9 Å². The number of hydrogen-bond acceptors (Lipinski definition) is 3. The third-order valence-electron chi connectivity index (χ3n) is 3.13. The number of fused-ring (bicyclic) bond motifs is 1. The molecule has 3 N–H and O–H groups in total. The maximum atomic E-state index is 11.7.